The lowest BCUT2D eigenvalue weighted by atomic mass is 10.0. The summed E-state index contributed by atoms with van der Waals surface area (Å²) in [5, 5.41) is 0. The number of rotatable bonds is 6. The van der Waals surface area contributed by atoms with Crippen LogP contribution >= 0.6 is 0 Å². The van der Waals surface area contributed by atoms with Crippen molar-refractivity contribution in [3.8, 4) is 11.8 Å². The third-order valence-electron chi connectivity index (χ3n) is 2.77. The molecular weight excluding hydrogens is 168 g/mol. The summed E-state index contributed by atoms with van der Waals surface area (Å²) in [5.74, 6) is 8.10. The minimum atomic E-state index is 0.601. The monoisotopic (exact) mass is 194 g/mol. The van der Waals surface area contributed by atoms with Crippen LogP contribution in [0.1, 0.15) is 66.2 Å². The van der Waals surface area contributed by atoms with Gasteiger partial charge in [-0.25, -0.2) is 0 Å². The predicted molar refractivity (Wildman–Crippen MR) is 65.2 cm³/mol. The normalized spacial score (nSPS) is 14.3. The fourth-order valence-electron chi connectivity index (χ4n) is 1.49. The third kappa shape index (κ3) is 8.17. The molecule has 0 heterocycles. The number of unbranched alkanes of at least 4 members (excludes halogenated alkanes) is 1. The van der Waals surface area contributed by atoms with Gasteiger partial charge in [-0.2, -0.15) is 0 Å². The van der Waals surface area contributed by atoms with Gasteiger partial charge in [0.15, 0.2) is 0 Å². The van der Waals surface area contributed by atoms with Crippen molar-refractivity contribution in [2.24, 2.45) is 11.8 Å². The molecule has 2 unspecified atom stereocenters. The third-order valence-corrected chi connectivity index (χ3v) is 2.77. The van der Waals surface area contributed by atoms with Crippen molar-refractivity contribution < 1.29 is 0 Å². The van der Waals surface area contributed by atoms with E-state index in [0.717, 1.165) is 12.3 Å². The number of hydrogen-bond acceptors (Lipinski definition) is 0. The van der Waals surface area contributed by atoms with Gasteiger partial charge in [0.1, 0.15) is 0 Å². The Kier molecular flexibility index (Phi) is 8.84. The molecule has 2 atom stereocenters. The average Bonchev–Trinajstić information content (AvgIpc) is 2.17. The maximum absolute atomic E-state index is 3.33. The predicted octanol–water partition coefficient (Wildman–Crippen LogP) is 4.64. The van der Waals surface area contributed by atoms with Gasteiger partial charge >= 0.3 is 0 Å². The van der Waals surface area contributed by atoms with E-state index in [1.54, 1.807) is 0 Å². The van der Waals surface area contributed by atoms with Gasteiger partial charge in [-0.05, 0) is 25.2 Å². The zero-order chi connectivity index (χ0) is 10.8. The largest absolute Gasteiger partial charge is 0.103 e. The first-order chi connectivity index (χ1) is 6.70. The van der Waals surface area contributed by atoms with Gasteiger partial charge in [-0.1, -0.05) is 40.5 Å². The van der Waals surface area contributed by atoms with Gasteiger partial charge < -0.3 is 0 Å². The van der Waals surface area contributed by atoms with Gasteiger partial charge in [-0.3, -0.25) is 0 Å². The minimum absolute atomic E-state index is 0.601. The molecule has 0 saturated carbocycles. The second-order valence-electron chi connectivity index (χ2n) is 4.42. The van der Waals surface area contributed by atoms with Crippen molar-refractivity contribution in [1.29, 1.82) is 0 Å². The Hall–Kier alpha value is -0.440. The van der Waals surface area contributed by atoms with Gasteiger partial charge in [0, 0.05) is 12.3 Å². The fraction of sp³-hybridized carbons (Fsp3) is 0.857. The van der Waals surface area contributed by atoms with Crippen LogP contribution in [-0.4, -0.2) is 0 Å². The molecule has 0 aromatic heterocycles. The SMILES string of the molecule is CCCC(C)C#CCCCC(C)CC. The van der Waals surface area contributed by atoms with Gasteiger partial charge in [-0.15, -0.1) is 11.8 Å². The van der Waals surface area contributed by atoms with Crippen LogP contribution in [0.4, 0.5) is 0 Å². The van der Waals surface area contributed by atoms with Crippen LogP contribution in [0, 0.1) is 23.7 Å². The lowest BCUT2D eigenvalue weighted by molar-refractivity contribution is 0.500. The highest BCUT2D eigenvalue weighted by Gasteiger charge is 1.96. The summed E-state index contributed by atoms with van der Waals surface area (Å²) in [4.78, 5) is 0. The fourth-order valence-corrected chi connectivity index (χ4v) is 1.49. The topological polar surface area (TPSA) is 0 Å². The molecule has 0 heteroatoms. The molecule has 0 bridgehead atoms. The zero-order valence-electron chi connectivity index (χ0n) is 10.4. The maximum atomic E-state index is 3.33. The van der Waals surface area contributed by atoms with Crippen molar-refractivity contribution >= 4 is 0 Å². The van der Waals surface area contributed by atoms with Crippen molar-refractivity contribution in [3.63, 3.8) is 0 Å². The Balaban J connectivity index is 3.42. The Bertz CT molecular complexity index is 170. The van der Waals surface area contributed by atoms with E-state index in [9.17, 15) is 0 Å². The summed E-state index contributed by atoms with van der Waals surface area (Å²) in [6.45, 7) is 9.04. The first-order valence-corrected chi connectivity index (χ1v) is 6.19. The summed E-state index contributed by atoms with van der Waals surface area (Å²) in [6, 6.07) is 0. The van der Waals surface area contributed by atoms with Crippen molar-refractivity contribution in [2.45, 2.75) is 66.2 Å². The molecule has 0 saturated heterocycles. The highest BCUT2D eigenvalue weighted by Crippen LogP contribution is 2.10. The molecule has 0 rings (SSSR count). The molecule has 0 aliphatic heterocycles. The molecule has 82 valence electrons. The van der Waals surface area contributed by atoms with E-state index in [2.05, 4.69) is 39.5 Å². The van der Waals surface area contributed by atoms with E-state index in [4.69, 9.17) is 0 Å². The second-order valence-corrected chi connectivity index (χ2v) is 4.42. The van der Waals surface area contributed by atoms with Crippen LogP contribution in [0.2, 0.25) is 0 Å². The minimum Gasteiger partial charge on any atom is -0.103 e. The molecule has 0 spiro atoms. The first kappa shape index (κ1) is 13.6. The highest BCUT2D eigenvalue weighted by molar-refractivity contribution is 5.02. The van der Waals surface area contributed by atoms with Crippen LogP contribution < -0.4 is 0 Å². The van der Waals surface area contributed by atoms with Gasteiger partial charge in [0.25, 0.3) is 0 Å². The Morgan fingerprint density at radius 2 is 1.79 bits per heavy atom. The average molecular weight is 194 g/mol. The van der Waals surface area contributed by atoms with E-state index in [0.29, 0.717) is 5.92 Å². The van der Waals surface area contributed by atoms with E-state index < -0.39 is 0 Å². The number of hydrogen-bond donors (Lipinski definition) is 0. The van der Waals surface area contributed by atoms with Crippen LogP contribution in [0.25, 0.3) is 0 Å². The molecular formula is C14H26. The standard InChI is InChI=1S/C14H26/c1-5-10-14(4)12-9-7-8-11-13(3)6-2/h13-14H,5-8,10-11H2,1-4H3. The molecule has 0 nitrogen and oxygen atoms in total. The Morgan fingerprint density at radius 1 is 1.07 bits per heavy atom. The molecule has 0 amide bonds. The molecule has 0 N–H and O–H groups in total. The summed E-state index contributed by atoms with van der Waals surface area (Å²) in [5.41, 5.74) is 0. The van der Waals surface area contributed by atoms with Gasteiger partial charge in [0.2, 0.25) is 0 Å². The van der Waals surface area contributed by atoms with E-state index in [1.165, 1.54) is 32.1 Å². The van der Waals surface area contributed by atoms with E-state index in [-0.39, 0.29) is 0 Å². The molecule has 14 heavy (non-hydrogen) atoms. The first-order valence-electron chi connectivity index (χ1n) is 6.19. The van der Waals surface area contributed by atoms with Crippen LogP contribution in [0.5, 0.6) is 0 Å². The van der Waals surface area contributed by atoms with Gasteiger partial charge in [0.05, 0.1) is 0 Å². The molecule has 0 aliphatic rings. The summed E-state index contributed by atoms with van der Waals surface area (Å²) in [6.07, 6.45) is 7.52. The molecule has 0 aromatic rings. The molecule has 0 aromatic carbocycles. The smallest absolute Gasteiger partial charge is 0.0174 e. The zero-order valence-corrected chi connectivity index (χ0v) is 10.4. The maximum Gasteiger partial charge on any atom is 0.0174 e. The second kappa shape index (κ2) is 9.13. The van der Waals surface area contributed by atoms with Crippen molar-refractivity contribution in [2.75, 3.05) is 0 Å². The lowest BCUT2D eigenvalue weighted by Gasteiger charge is -2.04. The van der Waals surface area contributed by atoms with Crippen molar-refractivity contribution in [3.05, 3.63) is 0 Å². The molecule has 0 fully saturated rings. The van der Waals surface area contributed by atoms with E-state index >= 15 is 0 Å². The van der Waals surface area contributed by atoms with Crippen LogP contribution in [0.15, 0.2) is 0 Å². The summed E-state index contributed by atoms with van der Waals surface area (Å²) >= 11 is 0. The summed E-state index contributed by atoms with van der Waals surface area (Å²) in [7, 11) is 0. The van der Waals surface area contributed by atoms with E-state index in [1.807, 2.05) is 0 Å². The Labute approximate surface area is 90.5 Å². The Morgan fingerprint density at radius 3 is 2.36 bits per heavy atom. The highest BCUT2D eigenvalue weighted by atomic mass is 14.0. The van der Waals surface area contributed by atoms with Crippen molar-refractivity contribution in [1.82, 2.24) is 0 Å². The molecule has 0 aliphatic carbocycles. The lowest BCUT2D eigenvalue weighted by Crippen LogP contribution is -1.91. The van der Waals surface area contributed by atoms with Crippen LogP contribution in [-0.2, 0) is 0 Å². The van der Waals surface area contributed by atoms with Crippen LogP contribution in [0.3, 0.4) is 0 Å². The summed E-state index contributed by atoms with van der Waals surface area (Å²) < 4.78 is 0. The quantitative estimate of drug-likeness (QED) is 0.427. The molecule has 0 radical (unpaired) electrons.